The molecule has 0 saturated carbocycles. The molecule has 30 heavy (non-hydrogen) atoms. The maximum absolute atomic E-state index is 11.8. The summed E-state index contributed by atoms with van der Waals surface area (Å²) < 4.78 is 35.1. The molecular weight excluding hydrogens is 398 g/mol. The first-order valence-corrected chi connectivity index (χ1v) is 11.3. The molecule has 0 spiro atoms. The van der Waals surface area contributed by atoms with Gasteiger partial charge in [-0.05, 0) is 29.8 Å². The first kappa shape index (κ1) is 19.9. The van der Waals surface area contributed by atoms with Crippen molar-refractivity contribution in [2.24, 2.45) is 0 Å². The monoisotopic (exact) mass is 419 g/mol. The van der Waals surface area contributed by atoms with Crippen LogP contribution >= 0.6 is 0 Å². The highest BCUT2D eigenvalue weighted by Gasteiger charge is 2.18. The SMILES string of the molecule is COc1cccc(-c2oc(Cc3ccccc3)nc2-c2ccc(S(C)(=O)=O)cc2)c1. The van der Waals surface area contributed by atoms with Crippen molar-refractivity contribution in [2.75, 3.05) is 13.4 Å². The van der Waals surface area contributed by atoms with Gasteiger partial charge in [-0.1, -0.05) is 54.6 Å². The second-order valence-corrected chi connectivity index (χ2v) is 8.99. The smallest absolute Gasteiger partial charge is 0.199 e. The summed E-state index contributed by atoms with van der Waals surface area (Å²) in [5, 5.41) is 0. The second-order valence-electron chi connectivity index (χ2n) is 6.98. The third-order valence-corrected chi connectivity index (χ3v) is 5.89. The minimum absolute atomic E-state index is 0.266. The minimum atomic E-state index is -3.27. The molecule has 0 unspecified atom stereocenters. The highest BCUT2D eigenvalue weighted by molar-refractivity contribution is 7.90. The second kappa shape index (κ2) is 8.16. The maximum Gasteiger partial charge on any atom is 0.199 e. The van der Waals surface area contributed by atoms with E-state index in [9.17, 15) is 8.42 Å². The number of aromatic nitrogens is 1. The number of methoxy groups -OCH3 is 1. The van der Waals surface area contributed by atoms with Gasteiger partial charge in [-0.25, -0.2) is 13.4 Å². The number of rotatable bonds is 6. The van der Waals surface area contributed by atoms with Crippen LogP contribution in [0.2, 0.25) is 0 Å². The van der Waals surface area contributed by atoms with Gasteiger partial charge in [-0.2, -0.15) is 0 Å². The molecule has 1 heterocycles. The highest BCUT2D eigenvalue weighted by Crippen LogP contribution is 2.35. The maximum atomic E-state index is 11.8. The van der Waals surface area contributed by atoms with Gasteiger partial charge >= 0.3 is 0 Å². The first-order chi connectivity index (χ1) is 14.4. The number of sulfone groups is 1. The summed E-state index contributed by atoms with van der Waals surface area (Å²) in [6, 6.07) is 24.2. The number of hydrogen-bond donors (Lipinski definition) is 0. The van der Waals surface area contributed by atoms with Crippen LogP contribution in [0.3, 0.4) is 0 Å². The Kier molecular flexibility index (Phi) is 5.42. The van der Waals surface area contributed by atoms with Gasteiger partial charge in [-0.3, -0.25) is 0 Å². The predicted molar refractivity (Wildman–Crippen MR) is 116 cm³/mol. The molecular formula is C24H21NO4S. The lowest BCUT2D eigenvalue weighted by atomic mass is 10.1. The Balaban J connectivity index is 1.80. The van der Waals surface area contributed by atoms with Crippen LogP contribution in [-0.4, -0.2) is 26.8 Å². The van der Waals surface area contributed by atoms with E-state index >= 15 is 0 Å². The lowest BCUT2D eigenvalue weighted by Gasteiger charge is -2.05. The molecule has 0 atom stereocenters. The van der Waals surface area contributed by atoms with Crippen LogP contribution in [0.4, 0.5) is 0 Å². The molecule has 0 fully saturated rings. The van der Waals surface area contributed by atoms with E-state index < -0.39 is 9.84 Å². The van der Waals surface area contributed by atoms with Crippen molar-refractivity contribution in [1.29, 1.82) is 0 Å². The summed E-state index contributed by atoms with van der Waals surface area (Å²) in [5.74, 6) is 1.92. The van der Waals surface area contributed by atoms with Crippen LogP contribution in [0.15, 0.2) is 88.2 Å². The van der Waals surface area contributed by atoms with Gasteiger partial charge in [0.1, 0.15) is 11.4 Å². The number of benzene rings is 3. The first-order valence-electron chi connectivity index (χ1n) is 9.42. The zero-order valence-corrected chi connectivity index (χ0v) is 17.5. The van der Waals surface area contributed by atoms with Gasteiger partial charge in [0.05, 0.1) is 12.0 Å². The normalized spacial score (nSPS) is 11.4. The highest BCUT2D eigenvalue weighted by atomic mass is 32.2. The Morgan fingerprint density at radius 3 is 2.30 bits per heavy atom. The van der Waals surface area contributed by atoms with E-state index in [0.717, 1.165) is 16.7 Å². The molecule has 0 amide bonds. The van der Waals surface area contributed by atoms with Gasteiger partial charge in [-0.15, -0.1) is 0 Å². The largest absolute Gasteiger partial charge is 0.497 e. The standard InChI is InChI=1S/C24H21NO4S/c1-28-20-10-6-9-19(16-20)24-23(18-11-13-21(14-12-18)30(2,26)27)25-22(29-24)15-17-7-4-3-5-8-17/h3-14,16H,15H2,1-2H3. The van der Waals surface area contributed by atoms with E-state index in [0.29, 0.717) is 29.5 Å². The predicted octanol–water partition coefficient (Wildman–Crippen LogP) is 5.01. The van der Waals surface area contributed by atoms with E-state index in [1.807, 2.05) is 54.6 Å². The van der Waals surface area contributed by atoms with E-state index in [1.54, 1.807) is 31.4 Å². The molecule has 0 aliphatic carbocycles. The van der Waals surface area contributed by atoms with Crippen molar-refractivity contribution in [3.05, 3.63) is 90.3 Å². The molecule has 3 aromatic carbocycles. The number of hydrogen-bond acceptors (Lipinski definition) is 5. The average Bonchev–Trinajstić information content (AvgIpc) is 3.18. The summed E-state index contributed by atoms with van der Waals surface area (Å²) in [7, 11) is -1.65. The Morgan fingerprint density at radius 2 is 1.63 bits per heavy atom. The van der Waals surface area contributed by atoms with Gasteiger partial charge in [0.15, 0.2) is 21.5 Å². The summed E-state index contributed by atoms with van der Waals surface area (Å²) in [6.45, 7) is 0. The molecule has 5 nitrogen and oxygen atoms in total. The lowest BCUT2D eigenvalue weighted by Crippen LogP contribution is -1.96. The number of oxazole rings is 1. The van der Waals surface area contributed by atoms with Gasteiger partial charge in [0, 0.05) is 23.8 Å². The molecule has 1 aromatic heterocycles. The fraction of sp³-hybridized carbons (Fsp3) is 0.125. The van der Waals surface area contributed by atoms with Gasteiger partial charge in [0.25, 0.3) is 0 Å². The molecule has 0 N–H and O–H groups in total. The Morgan fingerprint density at radius 1 is 0.900 bits per heavy atom. The lowest BCUT2D eigenvalue weighted by molar-refractivity contribution is 0.414. The van der Waals surface area contributed by atoms with Crippen LogP contribution in [0.1, 0.15) is 11.5 Å². The molecule has 0 aliphatic heterocycles. The van der Waals surface area contributed by atoms with Crippen molar-refractivity contribution in [1.82, 2.24) is 4.98 Å². The van der Waals surface area contributed by atoms with Crippen LogP contribution in [0.25, 0.3) is 22.6 Å². The van der Waals surface area contributed by atoms with Gasteiger partial charge < -0.3 is 9.15 Å². The van der Waals surface area contributed by atoms with Crippen molar-refractivity contribution >= 4 is 9.84 Å². The topological polar surface area (TPSA) is 69.4 Å². The fourth-order valence-electron chi connectivity index (χ4n) is 3.23. The molecule has 4 aromatic rings. The Hall–Kier alpha value is -3.38. The molecule has 0 radical (unpaired) electrons. The fourth-order valence-corrected chi connectivity index (χ4v) is 3.86. The summed E-state index contributed by atoms with van der Waals surface area (Å²) in [5.41, 5.74) is 3.37. The van der Waals surface area contributed by atoms with Gasteiger partial charge in [0.2, 0.25) is 0 Å². The van der Waals surface area contributed by atoms with Crippen molar-refractivity contribution < 1.29 is 17.6 Å². The van der Waals surface area contributed by atoms with Crippen molar-refractivity contribution in [2.45, 2.75) is 11.3 Å². The third kappa shape index (κ3) is 4.28. The summed E-state index contributed by atoms with van der Waals surface area (Å²) in [4.78, 5) is 5.01. The van der Waals surface area contributed by atoms with E-state index in [-0.39, 0.29) is 4.90 Å². The quantitative estimate of drug-likeness (QED) is 0.439. The molecule has 0 aliphatic rings. The average molecular weight is 420 g/mol. The number of ether oxygens (including phenoxy) is 1. The summed E-state index contributed by atoms with van der Waals surface area (Å²) >= 11 is 0. The molecule has 152 valence electrons. The Bertz CT molecular complexity index is 1260. The van der Waals surface area contributed by atoms with Crippen LogP contribution in [-0.2, 0) is 16.3 Å². The molecule has 0 bridgehead atoms. The van der Waals surface area contributed by atoms with Crippen molar-refractivity contribution in [3.8, 4) is 28.3 Å². The molecule has 4 rings (SSSR count). The Labute approximate surface area is 175 Å². The van der Waals surface area contributed by atoms with Crippen LogP contribution < -0.4 is 4.74 Å². The van der Waals surface area contributed by atoms with E-state index in [1.165, 1.54) is 6.26 Å². The molecule has 0 saturated heterocycles. The minimum Gasteiger partial charge on any atom is -0.497 e. The van der Waals surface area contributed by atoms with Crippen LogP contribution in [0.5, 0.6) is 5.75 Å². The van der Waals surface area contributed by atoms with Crippen LogP contribution in [0, 0.1) is 0 Å². The molecule has 6 heteroatoms. The third-order valence-electron chi connectivity index (χ3n) is 4.76. The van der Waals surface area contributed by atoms with Crippen molar-refractivity contribution in [3.63, 3.8) is 0 Å². The van der Waals surface area contributed by atoms with E-state index in [4.69, 9.17) is 14.1 Å². The zero-order valence-electron chi connectivity index (χ0n) is 16.7. The van der Waals surface area contributed by atoms with E-state index in [2.05, 4.69) is 0 Å². The summed E-state index contributed by atoms with van der Waals surface area (Å²) in [6.07, 6.45) is 1.75. The number of nitrogens with zero attached hydrogens (tertiary/aromatic N) is 1. The zero-order chi connectivity index (χ0) is 21.1.